The number of rotatable bonds is 13. The van der Waals surface area contributed by atoms with Crippen LogP contribution in [-0.4, -0.2) is 54.2 Å². The van der Waals surface area contributed by atoms with E-state index < -0.39 is 25.8 Å². The highest BCUT2D eigenvalue weighted by Gasteiger charge is 2.32. The number of nitrogens with one attached hydrogen (secondary N) is 2. The van der Waals surface area contributed by atoms with Gasteiger partial charge in [-0.3, -0.25) is 14.8 Å². The molecule has 0 saturated heterocycles. The lowest BCUT2D eigenvalue weighted by Gasteiger charge is -2.27. The summed E-state index contributed by atoms with van der Waals surface area (Å²) in [7, 11) is -3.52. The van der Waals surface area contributed by atoms with Crippen LogP contribution in [0, 0.1) is 5.41 Å². The van der Waals surface area contributed by atoms with Crippen LogP contribution in [0.15, 0.2) is 0 Å². The predicted octanol–water partition coefficient (Wildman–Crippen LogP) is 0.408. The zero-order valence-corrected chi connectivity index (χ0v) is 14.6. The molecule has 0 aromatic heterocycles. The average Bonchev–Trinajstić information content (AvgIpc) is 2.41. The van der Waals surface area contributed by atoms with E-state index in [0.717, 1.165) is 0 Å². The average molecular weight is 353 g/mol. The summed E-state index contributed by atoms with van der Waals surface area (Å²) in [6, 6.07) is -0.999. The lowest BCUT2D eigenvalue weighted by Crippen LogP contribution is -2.43. The molecule has 0 aromatic carbocycles. The van der Waals surface area contributed by atoms with Crippen molar-refractivity contribution in [3.8, 4) is 0 Å². The third-order valence-electron chi connectivity index (χ3n) is 2.88. The maximum atomic E-state index is 12.4. The van der Waals surface area contributed by atoms with Crippen LogP contribution in [0.3, 0.4) is 0 Å². The van der Waals surface area contributed by atoms with Crippen molar-refractivity contribution in [2.75, 3.05) is 26.0 Å². The number of hydrogen-bond donors (Lipinski definition) is 5. The van der Waals surface area contributed by atoms with Crippen LogP contribution >= 0.6 is 7.60 Å². The number of amides is 1. The molecule has 10 nitrogen and oxygen atoms in total. The molecule has 0 fully saturated rings. The van der Waals surface area contributed by atoms with Crippen molar-refractivity contribution in [2.24, 2.45) is 11.5 Å². The van der Waals surface area contributed by atoms with Gasteiger partial charge in [-0.2, -0.15) is 5.06 Å². The number of primary amides is 1. The molecule has 0 bridgehead atoms. The maximum absolute atomic E-state index is 12.4. The van der Waals surface area contributed by atoms with Gasteiger partial charge < -0.3 is 31.0 Å². The van der Waals surface area contributed by atoms with Gasteiger partial charge in [0.1, 0.15) is 12.3 Å². The fourth-order valence-electron chi connectivity index (χ4n) is 1.91. The van der Waals surface area contributed by atoms with Gasteiger partial charge in [0.25, 0.3) is 0 Å². The molecular weight excluding hydrogens is 325 g/mol. The Hall–Kier alpha value is -1.19. The molecule has 1 amide bonds. The number of guanidine groups is 1. The van der Waals surface area contributed by atoms with Crippen molar-refractivity contribution in [2.45, 2.75) is 39.2 Å². The van der Waals surface area contributed by atoms with Crippen molar-refractivity contribution in [3.05, 3.63) is 0 Å². The molecule has 0 aliphatic rings. The van der Waals surface area contributed by atoms with Crippen LogP contribution < -0.4 is 16.8 Å². The number of nitrogens with two attached hydrogens (primary N) is 2. The van der Waals surface area contributed by atoms with Crippen LogP contribution in [0.5, 0.6) is 0 Å². The van der Waals surface area contributed by atoms with Gasteiger partial charge in [0.15, 0.2) is 5.96 Å². The number of hydroxylamine groups is 2. The van der Waals surface area contributed by atoms with E-state index in [2.05, 4.69) is 5.32 Å². The Labute approximate surface area is 136 Å². The molecule has 0 aliphatic carbocycles. The molecule has 0 radical (unpaired) electrons. The first-order valence-corrected chi connectivity index (χ1v) is 9.19. The molecule has 136 valence electrons. The summed E-state index contributed by atoms with van der Waals surface area (Å²) in [5.74, 6) is -0.860. The molecule has 1 atom stereocenters. The first kappa shape index (κ1) is 21.8. The molecule has 0 unspecified atom stereocenters. The van der Waals surface area contributed by atoms with E-state index in [4.69, 9.17) is 25.9 Å². The number of carbonyl (C=O) groups is 1. The van der Waals surface area contributed by atoms with Gasteiger partial charge >= 0.3 is 7.60 Å². The minimum atomic E-state index is -3.52. The van der Waals surface area contributed by atoms with E-state index >= 15 is 0 Å². The lowest BCUT2D eigenvalue weighted by molar-refractivity contribution is -0.148. The quantitative estimate of drug-likeness (QED) is 0.104. The van der Waals surface area contributed by atoms with E-state index in [1.54, 1.807) is 13.8 Å². The second-order valence-corrected chi connectivity index (χ2v) is 6.80. The number of carbonyl (C=O) groups excluding carboxylic acids is 1. The summed E-state index contributed by atoms with van der Waals surface area (Å²) < 4.78 is 22.5. The maximum Gasteiger partial charge on any atom is 0.346 e. The molecular formula is C12H28N5O5P. The van der Waals surface area contributed by atoms with E-state index in [9.17, 15) is 14.6 Å². The molecule has 0 heterocycles. The summed E-state index contributed by atoms with van der Waals surface area (Å²) in [6.45, 7) is 4.09. The van der Waals surface area contributed by atoms with Gasteiger partial charge in [-0.15, -0.1) is 0 Å². The summed E-state index contributed by atoms with van der Waals surface area (Å²) in [5, 5.41) is 20.3. The monoisotopic (exact) mass is 353 g/mol. The molecule has 7 N–H and O–H groups in total. The Balaban J connectivity index is 4.54. The Morgan fingerprint density at radius 3 is 2.30 bits per heavy atom. The Morgan fingerprint density at radius 2 is 1.87 bits per heavy atom. The van der Waals surface area contributed by atoms with E-state index in [1.165, 1.54) is 0 Å². The van der Waals surface area contributed by atoms with Crippen LogP contribution in [0.2, 0.25) is 0 Å². The second kappa shape index (κ2) is 11.4. The topological polar surface area (TPSA) is 164 Å². The summed E-state index contributed by atoms with van der Waals surface area (Å²) in [4.78, 5) is 11.5. The number of unbranched alkanes of at least 4 members (excludes halogenated alkanes) is 1. The van der Waals surface area contributed by atoms with Crippen LogP contribution in [0.4, 0.5) is 0 Å². The Bertz CT molecular complexity index is 413. The molecule has 11 heteroatoms. The van der Waals surface area contributed by atoms with E-state index in [1.807, 2.05) is 0 Å². The first-order valence-electron chi connectivity index (χ1n) is 7.46. The minimum absolute atomic E-state index is 0.130. The summed E-state index contributed by atoms with van der Waals surface area (Å²) >= 11 is 0. The van der Waals surface area contributed by atoms with Gasteiger partial charge in [-0.1, -0.05) is 0 Å². The second-order valence-electron chi connectivity index (χ2n) is 4.78. The summed E-state index contributed by atoms with van der Waals surface area (Å²) in [6.07, 6.45) is 1.02. The van der Waals surface area contributed by atoms with E-state index in [-0.39, 0.29) is 25.6 Å². The number of hydrogen-bond acceptors (Lipinski definition) is 7. The van der Waals surface area contributed by atoms with Crippen molar-refractivity contribution in [3.63, 3.8) is 0 Å². The zero-order valence-electron chi connectivity index (χ0n) is 13.7. The Kier molecular flexibility index (Phi) is 10.8. The summed E-state index contributed by atoms with van der Waals surface area (Å²) in [5.41, 5.74) is 10.4. The minimum Gasteiger partial charge on any atom is -0.370 e. The van der Waals surface area contributed by atoms with Crippen LogP contribution in [-0.2, 0) is 18.4 Å². The third-order valence-corrected chi connectivity index (χ3v) is 4.82. The molecule has 0 aliphatic heterocycles. The number of nitrogens with zero attached hydrogens (tertiary/aromatic N) is 1. The molecule has 0 spiro atoms. The van der Waals surface area contributed by atoms with Crippen molar-refractivity contribution < 1.29 is 23.6 Å². The fourth-order valence-corrected chi connectivity index (χ4v) is 3.49. The zero-order chi connectivity index (χ0) is 17.9. The van der Waals surface area contributed by atoms with Gasteiger partial charge in [0.2, 0.25) is 5.91 Å². The highest BCUT2D eigenvalue weighted by molar-refractivity contribution is 7.53. The van der Waals surface area contributed by atoms with Crippen LogP contribution in [0.25, 0.3) is 0 Å². The first-order chi connectivity index (χ1) is 10.8. The van der Waals surface area contributed by atoms with Crippen LogP contribution in [0.1, 0.15) is 33.1 Å². The molecule has 0 rings (SSSR count). The van der Waals surface area contributed by atoms with Gasteiger partial charge in [0.05, 0.1) is 13.2 Å². The standard InChI is InChI=1S/C12H28N5O5P/c1-3-21-23(20,22-4-2)9-17(19)10(11(13)18)7-5-6-8-16-12(14)15/h10,19H,3-9H2,1-2H3,(H2,13,18)(H4,14,15,16)/t10-/m0/s1. The fraction of sp³-hybridized carbons (Fsp3) is 0.833. The highest BCUT2D eigenvalue weighted by Crippen LogP contribution is 2.48. The van der Waals surface area contributed by atoms with Gasteiger partial charge in [-0.25, -0.2) is 0 Å². The SMILES string of the molecule is CCOP(=O)(CN(O)[C@@H](CCCCNC(=N)N)C(N)=O)OCC. The molecule has 0 saturated carbocycles. The predicted molar refractivity (Wildman–Crippen MR) is 86.1 cm³/mol. The lowest BCUT2D eigenvalue weighted by atomic mass is 10.1. The van der Waals surface area contributed by atoms with Crippen molar-refractivity contribution in [1.29, 1.82) is 5.41 Å². The third kappa shape index (κ3) is 9.52. The smallest absolute Gasteiger partial charge is 0.346 e. The molecule has 23 heavy (non-hydrogen) atoms. The van der Waals surface area contributed by atoms with Crippen molar-refractivity contribution >= 4 is 19.5 Å². The van der Waals surface area contributed by atoms with Gasteiger partial charge in [0, 0.05) is 6.54 Å². The van der Waals surface area contributed by atoms with E-state index in [0.29, 0.717) is 24.4 Å². The van der Waals surface area contributed by atoms with Crippen molar-refractivity contribution in [1.82, 2.24) is 10.4 Å². The largest absolute Gasteiger partial charge is 0.370 e. The molecule has 0 aromatic rings. The van der Waals surface area contributed by atoms with Gasteiger partial charge in [-0.05, 0) is 33.1 Å². The normalized spacial score (nSPS) is 13.0. The Morgan fingerprint density at radius 1 is 1.30 bits per heavy atom. The highest BCUT2D eigenvalue weighted by atomic mass is 31.2.